The van der Waals surface area contributed by atoms with Gasteiger partial charge in [-0.15, -0.1) is 23.7 Å². The van der Waals surface area contributed by atoms with Gasteiger partial charge in [0.1, 0.15) is 11.9 Å². The minimum atomic E-state index is -1.08. The second kappa shape index (κ2) is 13.1. The molecule has 4 N–H and O–H groups in total. The number of hydrogen-bond donors (Lipinski definition) is 4. The summed E-state index contributed by atoms with van der Waals surface area (Å²) in [6.45, 7) is 1.32. The number of carbonyl (C=O) groups is 4. The molecule has 0 spiro atoms. The molecule has 0 radical (unpaired) electrons. The van der Waals surface area contributed by atoms with Crippen LogP contribution in [0.5, 0.6) is 0 Å². The van der Waals surface area contributed by atoms with E-state index in [1.54, 1.807) is 0 Å². The Morgan fingerprint density at radius 2 is 1.95 bits per heavy atom. The molecule has 200 valence electrons. The Bertz CT molecular complexity index is 1140. The summed E-state index contributed by atoms with van der Waals surface area (Å²) in [7, 11) is 2.01. The quantitative estimate of drug-likeness (QED) is 0.370. The number of thiazole rings is 1. The Morgan fingerprint density at radius 3 is 2.65 bits per heavy atom. The Balaban J connectivity index is 0.00000380. The zero-order valence-electron chi connectivity index (χ0n) is 20.2. The summed E-state index contributed by atoms with van der Waals surface area (Å²) in [6.07, 6.45) is 5.87. The molecular weight excluding hydrogens is 541 g/mol. The lowest BCUT2D eigenvalue weighted by Crippen LogP contribution is -2.55. The van der Waals surface area contributed by atoms with Crippen LogP contribution < -0.4 is 21.3 Å². The van der Waals surface area contributed by atoms with Gasteiger partial charge in [0.2, 0.25) is 5.91 Å². The van der Waals surface area contributed by atoms with Crippen molar-refractivity contribution in [2.24, 2.45) is 0 Å². The molecule has 1 aliphatic heterocycles. The van der Waals surface area contributed by atoms with Gasteiger partial charge < -0.3 is 26.2 Å². The molecule has 1 aliphatic carbocycles. The lowest BCUT2D eigenvalue weighted by atomic mass is 10.2. The summed E-state index contributed by atoms with van der Waals surface area (Å²) in [6, 6.07) is 1.92. The van der Waals surface area contributed by atoms with Crippen LogP contribution in [0.3, 0.4) is 0 Å². The number of amides is 4. The van der Waals surface area contributed by atoms with Crippen molar-refractivity contribution in [1.82, 2.24) is 30.8 Å². The topological polar surface area (TPSA) is 145 Å². The van der Waals surface area contributed by atoms with Crippen molar-refractivity contribution in [3.63, 3.8) is 0 Å². The molecule has 1 fully saturated rings. The second-order valence-corrected chi connectivity index (χ2v) is 10.4. The number of anilines is 1. The molecule has 2 aliphatic rings. The van der Waals surface area contributed by atoms with Crippen molar-refractivity contribution in [2.45, 2.75) is 50.7 Å². The molecule has 1 atom stereocenters. The maximum atomic E-state index is 13.0. The van der Waals surface area contributed by atoms with Gasteiger partial charge in [0.25, 0.3) is 5.91 Å². The Hall–Kier alpha value is -2.80. The predicted molar refractivity (Wildman–Crippen MR) is 142 cm³/mol. The van der Waals surface area contributed by atoms with Crippen molar-refractivity contribution in [3.8, 4) is 0 Å². The zero-order valence-corrected chi connectivity index (χ0v) is 22.6. The highest BCUT2D eigenvalue weighted by molar-refractivity contribution is 7.13. The summed E-state index contributed by atoms with van der Waals surface area (Å²) in [5.41, 5.74) is 0.899. The average molecular weight is 571 g/mol. The van der Waals surface area contributed by atoms with Gasteiger partial charge in [-0.2, -0.15) is 0 Å². The molecule has 0 aromatic carbocycles. The maximum Gasteiger partial charge on any atom is 0.314 e. The van der Waals surface area contributed by atoms with Gasteiger partial charge in [-0.05, 0) is 32.0 Å². The van der Waals surface area contributed by atoms with E-state index in [1.807, 2.05) is 7.05 Å². The number of rotatable bonds is 7. The van der Waals surface area contributed by atoms with Crippen molar-refractivity contribution < 1.29 is 19.2 Å². The normalized spacial score (nSPS) is 16.2. The highest BCUT2D eigenvalue weighted by Gasteiger charge is 2.29. The molecule has 4 rings (SSSR count). The summed E-state index contributed by atoms with van der Waals surface area (Å²) in [5.74, 6) is -2.68. The molecule has 2 aromatic rings. The number of nitrogens with one attached hydrogen (secondary N) is 4. The van der Waals surface area contributed by atoms with Gasteiger partial charge in [0.15, 0.2) is 5.01 Å². The molecule has 1 saturated carbocycles. The third kappa shape index (κ3) is 7.84. The number of likely N-dealkylation sites (N-methyl/N-ethyl adjacent to an activating group) is 1. The number of halogens is 2. The number of carbonyl (C=O) groups excluding carboxylic acids is 4. The SMILES string of the molecule is CN1CCc2nc(C(=O)NC(CNC(=O)C(=O)Nc3ccc(Cl)cn3)C(=O)NC3CCCC3)sc2C1.Cl. The number of hydrogen-bond acceptors (Lipinski definition) is 8. The van der Waals surface area contributed by atoms with Gasteiger partial charge in [-0.1, -0.05) is 24.4 Å². The Kier molecular flexibility index (Phi) is 10.2. The van der Waals surface area contributed by atoms with Crippen LogP contribution in [0.2, 0.25) is 5.02 Å². The second-order valence-electron chi connectivity index (χ2n) is 8.92. The van der Waals surface area contributed by atoms with Crippen molar-refractivity contribution in [3.05, 3.63) is 38.9 Å². The van der Waals surface area contributed by atoms with Crippen LogP contribution in [0.1, 0.15) is 46.1 Å². The number of fused-ring (bicyclic) bond motifs is 1. The lowest BCUT2D eigenvalue weighted by molar-refractivity contribution is -0.136. The fraction of sp³-hybridized carbons (Fsp3) is 0.478. The van der Waals surface area contributed by atoms with E-state index in [9.17, 15) is 19.2 Å². The van der Waals surface area contributed by atoms with E-state index in [1.165, 1.54) is 29.7 Å². The number of nitrogens with zero attached hydrogens (tertiary/aromatic N) is 3. The highest BCUT2D eigenvalue weighted by Crippen LogP contribution is 2.24. The van der Waals surface area contributed by atoms with E-state index in [-0.39, 0.29) is 35.8 Å². The molecule has 37 heavy (non-hydrogen) atoms. The van der Waals surface area contributed by atoms with Gasteiger partial charge >= 0.3 is 11.8 Å². The summed E-state index contributed by atoms with van der Waals surface area (Å²) < 4.78 is 0. The summed E-state index contributed by atoms with van der Waals surface area (Å²) in [5, 5.41) is 11.1. The molecule has 14 heteroatoms. The van der Waals surface area contributed by atoms with Gasteiger partial charge in [0, 0.05) is 43.2 Å². The molecule has 0 bridgehead atoms. The predicted octanol–water partition coefficient (Wildman–Crippen LogP) is 1.51. The van der Waals surface area contributed by atoms with Crippen molar-refractivity contribution in [2.75, 3.05) is 25.5 Å². The van der Waals surface area contributed by atoms with Crippen molar-refractivity contribution in [1.29, 1.82) is 0 Å². The van der Waals surface area contributed by atoms with Gasteiger partial charge in [-0.3, -0.25) is 19.2 Å². The van der Waals surface area contributed by atoms with Crippen LogP contribution in [0.25, 0.3) is 0 Å². The molecule has 3 heterocycles. The standard InChI is InChI=1S/C23H28ClN7O4S.ClH/c1-31-9-8-15-17(12-31)36-23(29-15)22(35)28-16(19(32)27-14-4-2-3-5-14)11-26-20(33)21(34)30-18-7-6-13(24)10-25-18;/h6-7,10,14,16H,2-5,8-9,11-12H2,1H3,(H,26,33)(H,27,32)(H,28,35)(H,25,30,34);1H. The minimum absolute atomic E-state index is 0. The largest absolute Gasteiger partial charge is 0.352 e. The van der Waals surface area contributed by atoms with E-state index in [0.29, 0.717) is 5.02 Å². The van der Waals surface area contributed by atoms with Crippen LogP contribution in [0, 0.1) is 0 Å². The van der Waals surface area contributed by atoms with Gasteiger partial charge in [-0.25, -0.2) is 9.97 Å². The molecule has 4 amide bonds. The highest BCUT2D eigenvalue weighted by atomic mass is 35.5. The third-order valence-electron chi connectivity index (χ3n) is 6.08. The maximum absolute atomic E-state index is 13.0. The summed E-state index contributed by atoms with van der Waals surface area (Å²) in [4.78, 5) is 62.1. The molecule has 2 aromatic heterocycles. The first-order valence-corrected chi connectivity index (χ1v) is 13.0. The first kappa shape index (κ1) is 28.8. The van der Waals surface area contributed by atoms with E-state index < -0.39 is 29.7 Å². The Labute approximate surface area is 229 Å². The summed E-state index contributed by atoms with van der Waals surface area (Å²) >= 11 is 7.08. The van der Waals surface area contributed by atoms with E-state index in [2.05, 4.69) is 36.1 Å². The van der Waals surface area contributed by atoms with Crippen LogP contribution >= 0.6 is 35.3 Å². The van der Waals surface area contributed by atoms with E-state index in [4.69, 9.17) is 11.6 Å². The molecular formula is C23H29Cl2N7O4S. The first-order valence-electron chi connectivity index (χ1n) is 11.8. The Morgan fingerprint density at radius 1 is 1.19 bits per heavy atom. The van der Waals surface area contributed by atoms with Crippen LogP contribution in [-0.4, -0.2) is 70.7 Å². The smallest absolute Gasteiger partial charge is 0.314 e. The monoisotopic (exact) mass is 569 g/mol. The fourth-order valence-electron chi connectivity index (χ4n) is 4.12. The molecule has 0 saturated heterocycles. The number of aromatic nitrogens is 2. The number of pyridine rings is 1. The van der Waals surface area contributed by atoms with E-state index >= 15 is 0 Å². The van der Waals surface area contributed by atoms with E-state index in [0.717, 1.165) is 55.8 Å². The van der Waals surface area contributed by atoms with Gasteiger partial charge in [0.05, 0.1) is 10.7 Å². The average Bonchev–Trinajstić information content (AvgIpc) is 3.52. The minimum Gasteiger partial charge on any atom is -0.352 e. The lowest BCUT2D eigenvalue weighted by Gasteiger charge is -2.21. The van der Waals surface area contributed by atoms with Crippen LogP contribution in [0.4, 0.5) is 5.82 Å². The fourth-order valence-corrected chi connectivity index (χ4v) is 5.32. The molecule has 11 nitrogen and oxygen atoms in total. The third-order valence-corrected chi connectivity index (χ3v) is 7.39. The first-order chi connectivity index (χ1) is 17.3. The van der Waals surface area contributed by atoms with Crippen molar-refractivity contribution >= 4 is 64.8 Å². The molecule has 1 unspecified atom stereocenters. The van der Waals surface area contributed by atoms with Crippen LogP contribution in [0.15, 0.2) is 18.3 Å². The zero-order chi connectivity index (χ0) is 25.7. The van der Waals surface area contributed by atoms with Crippen LogP contribution in [-0.2, 0) is 27.3 Å².